The summed E-state index contributed by atoms with van der Waals surface area (Å²) in [6.07, 6.45) is 4.05. The molecule has 0 heterocycles. The molecule has 0 atom stereocenters. The van der Waals surface area contributed by atoms with Crippen LogP contribution in [0.5, 0.6) is 5.75 Å². The van der Waals surface area contributed by atoms with Crippen LogP contribution < -0.4 is 4.74 Å². The molecule has 0 fully saturated rings. The molecule has 0 aromatic heterocycles. The van der Waals surface area contributed by atoms with Crippen molar-refractivity contribution in [3.8, 4) is 5.75 Å². The summed E-state index contributed by atoms with van der Waals surface area (Å²) in [7, 11) is 1.68. The van der Waals surface area contributed by atoms with Crippen LogP contribution in [0.25, 0.3) is 6.08 Å². The first-order valence-electron chi connectivity index (χ1n) is 4.63. The molecule has 1 aromatic rings. The molecule has 0 aliphatic rings. The SMILES string of the molecule is C/C=C/c1cccc(OC)c1.CC. The summed E-state index contributed by atoms with van der Waals surface area (Å²) in [4.78, 5) is 0. The molecule has 0 N–H and O–H groups in total. The molecule has 13 heavy (non-hydrogen) atoms. The van der Waals surface area contributed by atoms with Crippen LogP contribution in [0.1, 0.15) is 26.3 Å². The summed E-state index contributed by atoms with van der Waals surface area (Å²) < 4.78 is 5.07. The van der Waals surface area contributed by atoms with Crippen molar-refractivity contribution >= 4 is 6.08 Å². The molecule has 0 bridgehead atoms. The Kier molecular flexibility index (Phi) is 6.70. The lowest BCUT2D eigenvalue weighted by atomic mass is 10.2. The van der Waals surface area contributed by atoms with Crippen LogP contribution in [0.4, 0.5) is 0 Å². The van der Waals surface area contributed by atoms with E-state index in [0.29, 0.717) is 0 Å². The molecular weight excluding hydrogens is 160 g/mol. The van der Waals surface area contributed by atoms with Crippen LogP contribution in [0, 0.1) is 0 Å². The Morgan fingerprint density at radius 2 is 1.92 bits per heavy atom. The lowest BCUT2D eigenvalue weighted by Crippen LogP contribution is -1.81. The fourth-order valence-corrected chi connectivity index (χ4v) is 0.938. The van der Waals surface area contributed by atoms with Gasteiger partial charge in [0, 0.05) is 0 Å². The highest BCUT2D eigenvalue weighted by Crippen LogP contribution is 2.13. The van der Waals surface area contributed by atoms with Gasteiger partial charge in [-0.15, -0.1) is 0 Å². The molecule has 1 aromatic carbocycles. The van der Waals surface area contributed by atoms with E-state index >= 15 is 0 Å². The number of hydrogen-bond donors (Lipinski definition) is 0. The summed E-state index contributed by atoms with van der Waals surface area (Å²) in [6.45, 7) is 6.00. The normalized spacial score (nSPS) is 9.23. The van der Waals surface area contributed by atoms with Gasteiger partial charge < -0.3 is 4.74 Å². The van der Waals surface area contributed by atoms with Crippen LogP contribution in [0.3, 0.4) is 0 Å². The van der Waals surface area contributed by atoms with Crippen molar-refractivity contribution in [2.75, 3.05) is 7.11 Å². The molecule has 1 nitrogen and oxygen atoms in total. The highest BCUT2D eigenvalue weighted by Gasteiger charge is 1.89. The monoisotopic (exact) mass is 178 g/mol. The first-order chi connectivity index (χ1) is 6.36. The van der Waals surface area contributed by atoms with Gasteiger partial charge in [-0.3, -0.25) is 0 Å². The molecule has 1 rings (SSSR count). The summed E-state index contributed by atoms with van der Waals surface area (Å²) in [5, 5.41) is 0. The number of ether oxygens (including phenoxy) is 1. The van der Waals surface area contributed by atoms with E-state index in [4.69, 9.17) is 4.74 Å². The highest BCUT2D eigenvalue weighted by molar-refractivity contribution is 5.51. The molecule has 0 spiro atoms. The van der Waals surface area contributed by atoms with Gasteiger partial charge in [-0.25, -0.2) is 0 Å². The largest absolute Gasteiger partial charge is 0.497 e. The first-order valence-corrected chi connectivity index (χ1v) is 4.63. The summed E-state index contributed by atoms with van der Waals surface area (Å²) in [5.41, 5.74) is 1.17. The Balaban J connectivity index is 0.000000671. The van der Waals surface area contributed by atoms with Crippen molar-refractivity contribution in [2.24, 2.45) is 0 Å². The molecule has 1 heteroatoms. The van der Waals surface area contributed by atoms with Gasteiger partial charge in [-0.1, -0.05) is 38.1 Å². The lowest BCUT2D eigenvalue weighted by molar-refractivity contribution is 0.414. The van der Waals surface area contributed by atoms with Crippen molar-refractivity contribution in [2.45, 2.75) is 20.8 Å². The van der Waals surface area contributed by atoms with Gasteiger partial charge in [0.15, 0.2) is 0 Å². The fourth-order valence-electron chi connectivity index (χ4n) is 0.938. The standard InChI is InChI=1S/C10H12O.C2H6/c1-3-5-9-6-4-7-10(8-9)11-2;1-2/h3-8H,1-2H3;1-2H3/b5-3+;. The van der Waals surface area contributed by atoms with Crippen LogP contribution in [0.15, 0.2) is 30.3 Å². The third-order valence-electron chi connectivity index (χ3n) is 1.45. The minimum Gasteiger partial charge on any atom is -0.497 e. The highest BCUT2D eigenvalue weighted by atomic mass is 16.5. The number of rotatable bonds is 2. The number of benzene rings is 1. The smallest absolute Gasteiger partial charge is 0.119 e. The summed E-state index contributed by atoms with van der Waals surface area (Å²) >= 11 is 0. The number of allylic oxidation sites excluding steroid dienone is 1. The maximum Gasteiger partial charge on any atom is 0.119 e. The van der Waals surface area contributed by atoms with E-state index < -0.39 is 0 Å². The average Bonchev–Trinajstić information content (AvgIpc) is 2.22. The Bertz CT molecular complexity index is 251. The molecule has 72 valence electrons. The maximum absolute atomic E-state index is 5.07. The molecule has 0 aliphatic heterocycles. The molecule has 0 unspecified atom stereocenters. The van der Waals surface area contributed by atoms with Crippen LogP contribution in [-0.4, -0.2) is 7.11 Å². The molecular formula is C12H18O. The van der Waals surface area contributed by atoms with E-state index in [1.165, 1.54) is 5.56 Å². The van der Waals surface area contributed by atoms with Gasteiger partial charge in [-0.05, 0) is 24.6 Å². The lowest BCUT2D eigenvalue weighted by Gasteiger charge is -1.99. The quantitative estimate of drug-likeness (QED) is 0.670. The Labute approximate surface area is 81.1 Å². The topological polar surface area (TPSA) is 9.23 Å². The van der Waals surface area contributed by atoms with Gasteiger partial charge >= 0.3 is 0 Å². The van der Waals surface area contributed by atoms with E-state index in [0.717, 1.165) is 5.75 Å². The predicted molar refractivity (Wildman–Crippen MR) is 59.1 cm³/mol. The van der Waals surface area contributed by atoms with Crippen molar-refractivity contribution in [3.63, 3.8) is 0 Å². The van der Waals surface area contributed by atoms with Gasteiger partial charge in [-0.2, -0.15) is 0 Å². The van der Waals surface area contributed by atoms with Gasteiger partial charge in [0.05, 0.1) is 7.11 Å². The van der Waals surface area contributed by atoms with Gasteiger partial charge in [0.25, 0.3) is 0 Å². The zero-order valence-corrected chi connectivity index (χ0v) is 8.87. The Morgan fingerprint density at radius 1 is 1.23 bits per heavy atom. The average molecular weight is 178 g/mol. The summed E-state index contributed by atoms with van der Waals surface area (Å²) in [6, 6.07) is 7.96. The van der Waals surface area contributed by atoms with E-state index in [1.807, 2.05) is 57.2 Å². The zero-order valence-electron chi connectivity index (χ0n) is 8.87. The van der Waals surface area contributed by atoms with Crippen LogP contribution in [0.2, 0.25) is 0 Å². The van der Waals surface area contributed by atoms with Crippen molar-refractivity contribution in [1.29, 1.82) is 0 Å². The Hall–Kier alpha value is -1.24. The summed E-state index contributed by atoms with van der Waals surface area (Å²) in [5.74, 6) is 0.903. The van der Waals surface area contributed by atoms with Gasteiger partial charge in [0.1, 0.15) is 5.75 Å². The van der Waals surface area contributed by atoms with Crippen molar-refractivity contribution < 1.29 is 4.74 Å². The van der Waals surface area contributed by atoms with E-state index in [2.05, 4.69) is 0 Å². The molecule has 0 saturated carbocycles. The second-order valence-corrected chi connectivity index (χ2v) is 2.28. The number of hydrogen-bond acceptors (Lipinski definition) is 1. The Morgan fingerprint density at radius 3 is 2.46 bits per heavy atom. The molecule has 0 aliphatic carbocycles. The predicted octanol–water partition coefficient (Wildman–Crippen LogP) is 3.75. The zero-order chi connectivity index (χ0) is 10.1. The van der Waals surface area contributed by atoms with Crippen molar-refractivity contribution in [1.82, 2.24) is 0 Å². The second kappa shape index (κ2) is 7.41. The third kappa shape index (κ3) is 4.36. The number of methoxy groups -OCH3 is 1. The fraction of sp³-hybridized carbons (Fsp3) is 0.333. The minimum atomic E-state index is 0.903. The molecule has 0 radical (unpaired) electrons. The maximum atomic E-state index is 5.07. The van der Waals surface area contributed by atoms with E-state index in [1.54, 1.807) is 7.11 Å². The second-order valence-electron chi connectivity index (χ2n) is 2.28. The van der Waals surface area contributed by atoms with E-state index in [-0.39, 0.29) is 0 Å². The molecule has 0 amide bonds. The van der Waals surface area contributed by atoms with E-state index in [9.17, 15) is 0 Å². The third-order valence-corrected chi connectivity index (χ3v) is 1.45. The molecule has 0 saturated heterocycles. The minimum absolute atomic E-state index is 0.903. The van der Waals surface area contributed by atoms with Gasteiger partial charge in [0.2, 0.25) is 0 Å². The van der Waals surface area contributed by atoms with Crippen molar-refractivity contribution in [3.05, 3.63) is 35.9 Å². The first kappa shape index (κ1) is 11.8. The van der Waals surface area contributed by atoms with Crippen LogP contribution >= 0.6 is 0 Å². The van der Waals surface area contributed by atoms with Crippen LogP contribution in [-0.2, 0) is 0 Å².